The Bertz CT molecular complexity index is 374. The second kappa shape index (κ2) is 9.32. The normalized spacial score (nSPS) is 9.17. The fourth-order valence-corrected chi connectivity index (χ4v) is 1.02. The summed E-state index contributed by atoms with van der Waals surface area (Å²) in [6.07, 6.45) is 1.28. The van der Waals surface area contributed by atoms with Crippen LogP contribution in [0.15, 0.2) is 12.3 Å². The zero-order valence-electron chi connectivity index (χ0n) is 10.6. The molecule has 0 aliphatic carbocycles. The molecule has 7 heteroatoms. The van der Waals surface area contributed by atoms with Gasteiger partial charge >= 0.3 is 5.97 Å². The van der Waals surface area contributed by atoms with E-state index in [1.165, 1.54) is 13.3 Å². The topological polar surface area (TPSA) is 80.7 Å². The van der Waals surface area contributed by atoms with Gasteiger partial charge in [-0.1, -0.05) is 0 Å². The molecule has 0 saturated heterocycles. The van der Waals surface area contributed by atoms with Crippen LogP contribution in [0.25, 0.3) is 0 Å². The highest BCUT2D eigenvalue weighted by molar-refractivity contribution is 5.87. The summed E-state index contributed by atoms with van der Waals surface area (Å²) in [5.74, 6) is -1.28. The van der Waals surface area contributed by atoms with Gasteiger partial charge in [-0.25, -0.2) is 14.2 Å². The Kier molecular flexibility index (Phi) is 8.42. The van der Waals surface area contributed by atoms with E-state index in [1.54, 1.807) is 7.05 Å². The minimum atomic E-state index is -0.806. The van der Waals surface area contributed by atoms with Gasteiger partial charge in [-0.3, -0.25) is 0 Å². The molecule has 0 bridgehead atoms. The molecular formula is C11H17FN2O4. The van der Waals surface area contributed by atoms with Crippen LogP contribution in [0.5, 0.6) is 5.75 Å². The summed E-state index contributed by atoms with van der Waals surface area (Å²) in [4.78, 5) is 14.7. The number of methoxy groups -OCH3 is 1. The molecule has 0 aliphatic heterocycles. The number of likely N-dealkylation sites (N-methyl/N-ethyl adjacent to an activating group) is 1. The van der Waals surface area contributed by atoms with Crippen LogP contribution in [-0.4, -0.2) is 50.5 Å². The van der Waals surface area contributed by atoms with Crippen LogP contribution in [0.2, 0.25) is 0 Å². The van der Waals surface area contributed by atoms with Crippen molar-refractivity contribution < 1.29 is 23.8 Å². The first-order valence-electron chi connectivity index (χ1n) is 5.15. The highest BCUT2D eigenvalue weighted by Crippen LogP contribution is 2.14. The van der Waals surface area contributed by atoms with E-state index in [1.807, 2.05) is 0 Å². The van der Waals surface area contributed by atoms with Crippen molar-refractivity contribution in [3.05, 3.63) is 23.8 Å². The van der Waals surface area contributed by atoms with Crippen molar-refractivity contribution in [2.45, 2.75) is 0 Å². The van der Waals surface area contributed by atoms with Gasteiger partial charge in [-0.15, -0.1) is 0 Å². The van der Waals surface area contributed by atoms with E-state index in [9.17, 15) is 9.18 Å². The number of nitrogens with one attached hydrogen (secondary N) is 1. The predicted molar refractivity (Wildman–Crippen MR) is 63.1 cm³/mol. The lowest BCUT2D eigenvalue weighted by Gasteiger charge is -2.06. The van der Waals surface area contributed by atoms with Gasteiger partial charge < -0.3 is 19.9 Å². The number of halogens is 1. The average Bonchev–Trinajstić information content (AvgIpc) is 2.41. The SMILES string of the molecule is CNCCOc1cnc(C(=O)OC)c(F)c1.CO. The van der Waals surface area contributed by atoms with Crippen LogP contribution in [0.4, 0.5) is 4.39 Å². The molecule has 1 aromatic heterocycles. The average molecular weight is 260 g/mol. The van der Waals surface area contributed by atoms with Crippen molar-refractivity contribution in [3.8, 4) is 5.75 Å². The second-order valence-corrected chi connectivity index (χ2v) is 2.95. The number of hydrogen-bond acceptors (Lipinski definition) is 6. The van der Waals surface area contributed by atoms with Gasteiger partial charge in [0, 0.05) is 19.7 Å². The monoisotopic (exact) mass is 260 g/mol. The Labute approximate surface area is 105 Å². The molecule has 102 valence electrons. The molecule has 0 unspecified atom stereocenters. The molecule has 0 atom stereocenters. The Hall–Kier alpha value is -1.73. The van der Waals surface area contributed by atoms with Gasteiger partial charge in [0.25, 0.3) is 0 Å². The van der Waals surface area contributed by atoms with E-state index in [4.69, 9.17) is 9.84 Å². The lowest BCUT2D eigenvalue weighted by Crippen LogP contribution is -2.16. The summed E-state index contributed by atoms with van der Waals surface area (Å²) in [5.41, 5.74) is -0.344. The first-order chi connectivity index (χ1) is 8.69. The van der Waals surface area contributed by atoms with Gasteiger partial charge in [-0.2, -0.15) is 0 Å². The largest absolute Gasteiger partial charge is 0.491 e. The number of rotatable bonds is 5. The molecule has 0 radical (unpaired) electrons. The summed E-state index contributed by atoms with van der Waals surface area (Å²) in [7, 11) is 3.95. The molecule has 0 amide bonds. The van der Waals surface area contributed by atoms with E-state index in [0.717, 1.165) is 13.2 Å². The maximum absolute atomic E-state index is 13.3. The zero-order valence-corrected chi connectivity index (χ0v) is 10.6. The maximum Gasteiger partial charge on any atom is 0.359 e. The van der Waals surface area contributed by atoms with E-state index >= 15 is 0 Å². The Morgan fingerprint density at radius 3 is 2.72 bits per heavy atom. The number of aliphatic hydroxyl groups excluding tert-OH is 1. The van der Waals surface area contributed by atoms with Crippen LogP contribution >= 0.6 is 0 Å². The molecule has 0 aliphatic rings. The third-order valence-corrected chi connectivity index (χ3v) is 1.82. The number of pyridine rings is 1. The number of nitrogens with zero attached hydrogens (tertiary/aromatic N) is 1. The Morgan fingerprint density at radius 2 is 2.22 bits per heavy atom. The van der Waals surface area contributed by atoms with Crippen molar-refractivity contribution in [1.29, 1.82) is 0 Å². The molecule has 1 rings (SSSR count). The Morgan fingerprint density at radius 1 is 1.56 bits per heavy atom. The number of esters is 1. The van der Waals surface area contributed by atoms with Crippen molar-refractivity contribution in [1.82, 2.24) is 10.3 Å². The summed E-state index contributed by atoms with van der Waals surface area (Å²) >= 11 is 0. The minimum absolute atomic E-state index is 0.278. The van der Waals surface area contributed by atoms with E-state index in [0.29, 0.717) is 13.2 Å². The van der Waals surface area contributed by atoms with Crippen LogP contribution in [0.1, 0.15) is 10.5 Å². The highest BCUT2D eigenvalue weighted by atomic mass is 19.1. The minimum Gasteiger partial charge on any atom is -0.491 e. The molecule has 0 aromatic carbocycles. The summed E-state index contributed by atoms with van der Waals surface area (Å²) in [6.45, 7) is 1.04. The summed E-state index contributed by atoms with van der Waals surface area (Å²) in [6, 6.07) is 1.11. The maximum atomic E-state index is 13.3. The van der Waals surface area contributed by atoms with Gasteiger partial charge in [-0.05, 0) is 7.05 Å². The van der Waals surface area contributed by atoms with Crippen molar-refractivity contribution in [3.63, 3.8) is 0 Å². The van der Waals surface area contributed by atoms with E-state index < -0.39 is 11.8 Å². The number of aromatic nitrogens is 1. The molecule has 6 nitrogen and oxygen atoms in total. The van der Waals surface area contributed by atoms with Crippen LogP contribution < -0.4 is 10.1 Å². The Balaban J connectivity index is 0.00000137. The third kappa shape index (κ3) is 5.07. The summed E-state index contributed by atoms with van der Waals surface area (Å²) in [5, 5.41) is 9.88. The van der Waals surface area contributed by atoms with E-state index in [2.05, 4.69) is 15.0 Å². The lowest BCUT2D eigenvalue weighted by molar-refractivity contribution is 0.0588. The van der Waals surface area contributed by atoms with Crippen LogP contribution in [-0.2, 0) is 4.74 Å². The number of carbonyl (C=O) groups is 1. The molecule has 1 aromatic rings. The fraction of sp³-hybridized carbons (Fsp3) is 0.455. The van der Waals surface area contributed by atoms with Gasteiger partial charge in [0.2, 0.25) is 0 Å². The van der Waals surface area contributed by atoms with Gasteiger partial charge in [0.15, 0.2) is 11.5 Å². The molecule has 1 heterocycles. The van der Waals surface area contributed by atoms with Crippen molar-refractivity contribution >= 4 is 5.97 Å². The lowest BCUT2D eigenvalue weighted by atomic mass is 10.3. The quantitative estimate of drug-likeness (QED) is 0.582. The molecule has 2 N–H and O–H groups in total. The first-order valence-corrected chi connectivity index (χ1v) is 5.15. The molecule has 0 fully saturated rings. The van der Waals surface area contributed by atoms with E-state index in [-0.39, 0.29) is 11.4 Å². The third-order valence-electron chi connectivity index (χ3n) is 1.82. The molecule has 0 spiro atoms. The molecular weight excluding hydrogens is 243 g/mol. The number of hydrogen-bond donors (Lipinski definition) is 2. The van der Waals surface area contributed by atoms with Crippen molar-refractivity contribution in [2.24, 2.45) is 0 Å². The smallest absolute Gasteiger partial charge is 0.359 e. The number of aliphatic hydroxyl groups is 1. The fourth-order valence-electron chi connectivity index (χ4n) is 1.02. The zero-order chi connectivity index (χ0) is 14.0. The summed E-state index contributed by atoms with van der Waals surface area (Å²) < 4.78 is 22.9. The van der Waals surface area contributed by atoms with Gasteiger partial charge in [0.1, 0.15) is 12.4 Å². The standard InChI is InChI=1S/C10H13FN2O3.CH4O/c1-12-3-4-16-7-5-8(11)9(13-6-7)10(14)15-2;1-2/h5-6,12H,3-4H2,1-2H3;2H,1H3. The van der Waals surface area contributed by atoms with Crippen LogP contribution in [0.3, 0.4) is 0 Å². The van der Waals surface area contributed by atoms with Crippen LogP contribution in [0, 0.1) is 5.82 Å². The second-order valence-electron chi connectivity index (χ2n) is 2.95. The number of ether oxygens (including phenoxy) is 2. The van der Waals surface area contributed by atoms with Gasteiger partial charge in [0.05, 0.1) is 13.3 Å². The van der Waals surface area contributed by atoms with Crippen molar-refractivity contribution in [2.75, 3.05) is 34.4 Å². The number of carbonyl (C=O) groups excluding carboxylic acids is 1. The predicted octanol–water partition coefficient (Wildman–Crippen LogP) is 0.214. The highest BCUT2D eigenvalue weighted by Gasteiger charge is 2.14. The molecule has 18 heavy (non-hydrogen) atoms. The first kappa shape index (κ1) is 16.3. The molecule has 0 saturated carbocycles.